The van der Waals surface area contributed by atoms with Gasteiger partial charge in [-0.3, -0.25) is 4.79 Å². The molecule has 2 fully saturated rings. The second-order valence-electron chi connectivity index (χ2n) is 9.53. The number of nitrogens with one attached hydrogen (secondary N) is 2. The molecule has 1 heterocycles. The quantitative estimate of drug-likeness (QED) is 0.550. The molecule has 34 heavy (non-hydrogen) atoms. The summed E-state index contributed by atoms with van der Waals surface area (Å²) in [6.45, 7) is 3.47. The number of carbonyl (C=O) groups excluding carboxylic acids is 1. The Morgan fingerprint density at radius 2 is 1.97 bits per heavy atom. The van der Waals surface area contributed by atoms with Crippen LogP contribution in [-0.4, -0.2) is 25.0 Å². The van der Waals surface area contributed by atoms with Gasteiger partial charge >= 0.3 is 6.18 Å². The molecule has 2 aliphatic carbocycles. The van der Waals surface area contributed by atoms with Crippen LogP contribution in [0.3, 0.4) is 0 Å². The number of rotatable bonds is 3. The highest BCUT2D eigenvalue weighted by atomic mass is 19.4. The minimum atomic E-state index is -4.37. The summed E-state index contributed by atoms with van der Waals surface area (Å²) in [5.41, 5.74) is 3.50. The van der Waals surface area contributed by atoms with Crippen molar-refractivity contribution < 1.29 is 18.0 Å². The number of amides is 1. The summed E-state index contributed by atoms with van der Waals surface area (Å²) in [5, 5.41) is 6.30. The van der Waals surface area contributed by atoms with Crippen molar-refractivity contribution >= 4 is 12.0 Å². The van der Waals surface area contributed by atoms with Crippen molar-refractivity contribution in [2.45, 2.75) is 63.1 Å². The van der Waals surface area contributed by atoms with Crippen molar-refractivity contribution in [1.29, 1.82) is 0 Å². The molecular formula is C28H33F3N2O. The van der Waals surface area contributed by atoms with E-state index in [1.165, 1.54) is 69.4 Å². The zero-order valence-corrected chi connectivity index (χ0v) is 19.6. The fraction of sp³-hybridized carbons (Fsp3) is 0.464. The first kappa shape index (κ1) is 24.5. The number of likely N-dealkylation sites (N-methyl/N-ethyl adjacent to an activating group) is 1. The number of fused-ring (bicyclic) bond motifs is 1. The van der Waals surface area contributed by atoms with Crippen molar-refractivity contribution in [2.75, 3.05) is 13.1 Å². The predicted octanol–water partition coefficient (Wildman–Crippen LogP) is 5.89. The largest absolute Gasteiger partial charge is 0.416 e. The minimum absolute atomic E-state index is 0.329. The highest BCUT2D eigenvalue weighted by Gasteiger charge is 2.51. The summed E-state index contributed by atoms with van der Waals surface area (Å²) in [6, 6.07) is 14.8. The van der Waals surface area contributed by atoms with Gasteiger partial charge in [-0.15, -0.1) is 0 Å². The predicted molar refractivity (Wildman–Crippen MR) is 129 cm³/mol. The molecule has 2 N–H and O–H groups in total. The molecule has 1 aliphatic heterocycles. The Bertz CT molecular complexity index is 1030. The zero-order valence-electron chi connectivity index (χ0n) is 19.6. The van der Waals surface area contributed by atoms with Crippen LogP contribution in [0.25, 0.3) is 6.08 Å². The minimum Gasteiger partial charge on any atom is -0.353 e. The van der Waals surface area contributed by atoms with E-state index >= 15 is 0 Å². The van der Waals surface area contributed by atoms with E-state index in [9.17, 15) is 18.0 Å². The van der Waals surface area contributed by atoms with Crippen LogP contribution < -0.4 is 10.6 Å². The number of benzene rings is 2. The van der Waals surface area contributed by atoms with E-state index in [1.807, 2.05) is 0 Å². The van der Waals surface area contributed by atoms with Gasteiger partial charge in [-0.2, -0.15) is 13.2 Å². The van der Waals surface area contributed by atoms with Crippen molar-refractivity contribution in [2.24, 2.45) is 5.92 Å². The lowest BCUT2D eigenvalue weighted by molar-refractivity contribution is -0.137. The van der Waals surface area contributed by atoms with Gasteiger partial charge in [0, 0.05) is 24.1 Å². The van der Waals surface area contributed by atoms with Crippen molar-refractivity contribution in [1.82, 2.24) is 10.6 Å². The van der Waals surface area contributed by atoms with Crippen LogP contribution >= 0.6 is 0 Å². The number of carbonyl (C=O) groups is 1. The molecule has 3 nitrogen and oxygen atoms in total. The Morgan fingerprint density at radius 3 is 2.76 bits per heavy atom. The fourth-order valence-corrected chi connectivity index (χ4v) is 6.11. The maximum Gasteiger partial charge on any atom is 0.416 e. The first-order valence-electron chi connectivity index (χ1n) is 12.3. The summed E-state index contributed by atoms with van der Waals surface area (Å²) in [7, 11) is 0. The Labute approximate surface area is 199 Å². The van der Waals surface area contributed by atoms with Crippen LogP contribution in [0.15, 0.2) is 54.6 Å². The Hall–Kier alpha value is -2.60. The van der Waals surface area contributed by atoms with Crippen molar-refractivity contribution in [3.05, 3.63) is 76.9 Å². The van der Waals surface area contributed by atoms with E-state index in [-0.39, 0.29) is 5.91 Å². The van der Waals surface area contributed by atoms with E-state index in [2.05, 4.69) is 34.9 Å². The first-order chi connectivity index (χ1) is 16.3. The Morgan fingerprint density at radius 1 is 1.15 bits per heavy atom. The molecule has 5 rings (SSSR count). The average molecular weight is 471 g/mol. The molecule has 0 aromatic heterocycles. The fourth-order valence-electron chi connectivity index (χ4n) is 6.11. The maximum absolute atomic E-state index is 12.4. The molecule has 2 aromatic carbocycles. The van der Waals surface area contributed by atoms with Crippen LogP contribution in [0.2, 0.25) is 0 Å². The molecule has 1 amide bonds. The van der Waals surface area contributed by atoms with E-state index < -0.39 is 11.7 Å². The molecule has 1 saturated carbocycles. The highest BCUT2D eigenvalue weighted by molar-refractivity contribution is 5.91. The molecule has 2 aromatic rings. The van der Waals surface area contributed by atoms with Crippen LogP contribution in [-0.2, 0) is 22.8 Å². The standard InChI is InChI=1S/C16H21N.C12H12F3NO/c1-2-6-13-12(5-1)11-15-14-7-3-4-8-16(13,14)9-10-17-15;1-2-16-11(17)7-6-9-4-3-5-10(8-9)12(13,14)15/h1-2,5-6,14-15,17H,3-4,7-11H2;3-8H,2H2,1H3,(H,16,17)/t14-,15+,16-;/m0./s1. The normalized spacial score (nSPS) is 25.5. The van der Waals surface area contributed by atoms with Gasteiger partial charge in [-0.1, -0.05) is 49.2 Å². The SMILES string of the molecule is CCNC(=O)C=Cc1cccc(C(F)(F)F)c1.c1ccc2c(c1)C[C@H]1NCC[C@@]23CCCC[C@@H]13. The van der Waals surface area contributed by atoms with Gasteiger partial charge in [-0.25, -0.2) is 0 Å². The van der Waals surface area contributed by atoms with Crippen LogP contribution in [0, 0.1) is 5.92 Å². The second-order valence-corrected chi connectivity index (χ2v) is 9.53. The number of hydrogen-bond acceptors (Lipinski definition) is 2. The lowest BCUT2D eigenvalue weighted by Gasteiger charge is -2.56. The molecule has 6 heteroatoms. The van der Waals surface area contributed by atoms with Gasteiger partial charge in [0.15, 0.2) is 0 Å². The van der Waals surface area contributed by atoms with Crippen LogP contribution in [0.1, 0.15) is 61.3 Å². The Balaban J connectivity index is 0.000000161. The molecule has 0 radical (unpaired) electrons. The third kappa shape index (κ3) is 5.22. The van der Waals surface area contributed by atoms with Crippen LogP contribution in [0.5, 0.6) is 0 Å². The highest BCUT2D eigenvalue weighted by Crippen LogP contribution is 2.53. The van der Waals surface area contributed by atoms with E-state index in [0.717, 1.165) is 24.1 Å². The number of halogens is 3. The van der Waals surface area contributed by atoms with Gasteiger partial charge in [0.25, 0.3) is 0 Å². The summed E-state index contributed by atoms with van der Waals surface area (Å²) in [5.74, 6) is 0.588. The molecular weight excluding hydrogens is 437 g/mol. The third-order valence-corrected chi connectivity index (χ3v) is 7.55. The average Bonchev–Trinajstić information content (AvgIpc) is 2.83. The monoisotopic (exact) mass is 470 g/mol. The zero-order chi connectivity index (χ0) is 24.2. The molecule has 3 atom stereocenters. The molecule has 3 aliphatic rings. The summed E-state index contributed by atoms with van der Waals surface area (Å²) < 4.78 is 37.2. The second kappa shape index (κ2) is 10.3. The van der Waals surface area contributed by atoms with Crippen molar-refractivity contribution in [3.8, 4) is 0 Å². The first-order valence-corrected chi connectivity index (χ1v) is 12.3. The number of piperidine rings is 1. The smallest absolute Gasteiger partial charge is 0.353 e. The maximum atomic E-state index is 12.4. The summed E-state index contributed by atoms with van der Waals surface area (Å²) >= 11 is 0. The van der Waals surface area contributed by atoms with Gasteiger partial charge in [0.2, 0.25) is 5.91 Å². The van der Waals surface area contributed by atoms with Gasteiger partial charge in [0.05, 0.1) is 5.56 Å². The third-order valence-electron chi connectivity index (χ3n) is 7.55. The molecule has 1 saturated heterocycles. The number of hydrogen-bond donors (Lipinski definition) is 2. The molecule has 0 unspecified atom stereocenters. The summed E-state index contributed by atoms with van der Waals surface area (Å²) in [6.07, 6.45) is 6.60. The molecule has 182 valence electrons. The Kier molecular flexibility index (Phi) is 7.46. The molecule has 2 bridgehead atoms. The van der Waals surface area contributed by atoms with Gasteiger partial charge in [0.1, 0.15) is 0 Å². The van der Waals surface area contributed by atoms with Gasteiger partial charge in [-0.05, 0) is 80.0 Å². The summed E-state index contributed by atoms with van der Waals surface area (Å²) in [4.78, 5) is 11.1. The van der Waals surface area contributed by atoms with E-state index in [1.54, 1.807) is 18.1 Å². The number of alkyl halides is 3. The van der Waals surface area contributed by atoms with E-state index in [0.29, 0.717) is 17.5 Å². The van der Waals surface area contributed by atoms with Crippen LogP contribution in [0.4, 0.5) is 13.2 Å². The molecule has 0 spiro atoms. The van der Waals surface area contributed by atoms with E-state index in [4.69, 9.17) is 0 Å². The lowest BCUT2D eigenvalue weighted by Crippen LogP contribution is -2.59. The van der Waals surface area contributed by atoms with Gasteiger partial charge < -0.3 is 10.6 Å². The van der Waals surface area contributed by atoms with Crippen molar-refractivity contribution in [3.63, 3.8) is 0 Å². The topological polar surface area (TPSA) is 41.1 Å². The lowest BCUT2D eigenvalue weighted by atomic mass is 9.53.